The van der Waals surface area contributed by atoms with Gasteiger partial charge in [0.25, 0.3) is 0 Å². The van der Waals surface area contributed by atoms with Crippen molar-refractivity contribution in [2.75, 3.05) is 0 Å². The summed E-state index contributed by atoms with van der Waals surface area (Å²) < 4.78 is 12.0. The fourth-order valence-corrected chi connectivity index (χ4v) is 2.52. The number of rotatable bonds is 7. The number of benzene rings is 3. The van der Waals surface area contributed by atoms with Gasteiger partial charge in [0.1, 0.15) is 13.2 Å². The summed E-state index contributed by atoms with van der Waals surface area (Å²) in [6.45, 7) is 3.04. The number of hydrogen-bond acceptors (Lipinski definition) is 2. The Balaban J connectivity index is 1.76. The minimum absolute atomic E-state index is 0.516. The van der Waals surface area contributed by atoms with Crippen LogP contribution >= 0.6 is 0 Å². The van der Waals surface area contributed by atoms with E-state index in [9.17, 15) is 0 Å². The van der Waals surface area contributed by atoms with Crippen molar-refractivity contribution in [1.82, 2.24) is 0 Å². The Hall–Kier alpha value is -3.00. The lowest BCUT2D eigenvalue weighted by molar-refractivity contribution is 0.256. The zero-order chi connectivity index (χ0) is 17.3. The molecule has 0 amide bonds. The first-order valence-corrected chi connectivity index (χ1v) is 8.45. The smallest absolute Gasteiger partial charge is 0.162 e. The van der Waals surface area contributed by atoms with E-state index in [1.165, 1.54) is 0 Å². The summed E-state index contributed by atoms with van der Waals surface area (Å²) in [6, 6.07) is 26.3. The van der Waals surface area contributed by atoms with E-state index in [4.69, 9.17) is 9.47 Å². The number of hydrogen-bond donors (Lipinski definition) is 0. The monoisotopic (exact) mass is 330 g/mol. The van der Waals surface area contributed by atoms with Crippen molar-refractivity contribution in [3.8, 4) is 11.5 Å². The topological polar surface area (TPSA) is 18.5 Å². The molecule has 0 bridgehead atoms. The van der Waals surface area contributed by atoms with Crippen molar-refractivity contribution in [3.63, 3.8) is 0 Å². The van der Waals surface area contributed by atoms with Crippen LogP contribution in [0.4, 0.5) is 0 Å². The lowest BCUT2D eigenvalue weighted by atomic mass is 10.2. The molecule has 3 rings (SSSR count). The fraction of sp³-hybridized carbons (Fsp3) is 0.130. The Morgan fingerprint density at radius 2 is 1.24 bits per heavy atom. The molecule has 3 aromatic carbocycles. The second-order valence-electron chi connectivity index (χ2n) is 5.75. The Kier molecular flexibility index (Phi) is 5.89. The van der Waals surface area contributed by atoms with Gasteiger partial charge in [-0.1, -0.05) is 78.9 Å². The molecule has 0 radical (unpaired) electrons. The van der Waals surface area contributed by atoms with E-state index in [2.05, 4.69) is 30.3 Å². The van der Waals surface area contributed by atoms with Gasteiger partial charge >= 0.3 is 0 Å². The van der Waals surface area contributed by atoms with Gasteiger partial charge in [0.2, 0.25) is 0 Å². The van der Waals surface area contributed by atoms with Crippen LogP contribution in [0.1, 0.15) is 23.6 Å². The van der Waals surface area contributed by atoms with Crippen LogP contribution in [0.15, 0.2) is 84.9 Å². The highest BCUT2D eigenvalue weighted by Gasteiger charge is 2.07. The van der Waals surface area contributed by atoms with Crippen molar-refractivity contribution >= 4 is 6.08 Å². The molecule has 126 valence electrons. The van der Waals surface area contributed by atoms with Gasteiger partial charge in [0.05, 0.1) is 0 Å². The van der Waals surface area contributed by atoms with E-state index in [1.807, 2.05) is 67.6 Å². The molecule has 0 atom stereocenters. The maximum absolute atomic E-state index is 6.04. The maximum Gasteiger partial charge on any atom is 0.162 e. The standard InChI is InChI=1S/C23H22O2/c1-2-9-19-14-15-22(24-17-20-10-5-3-6-11-20)23(16-19)25-18-21-12-7-4-8-13-21/h2-16H,17-18H2,1H3/b9-2+. The van der Waals surface area contributed by atoms with Crippen molar-refractivity contribution < 1.29 is 9.47 Å². The van der Waals surface area contributed by atoms with E-state index in [0.717, 1.165) is 28.2 Å². The number of allylic oxidation sites excluding steroid dienone is 1. The van der Waals surface area contributed by atoms with Crippen LogP contribution in [-0.2, 0) is 13.2 Å². The lowest BCUT2D eigenvalue weighted by Gasteiger charge is -2.14. The van der Waals surface area contributed by atoms with Gasteiger partial charge in [-0.15, -0.1) is 0 Å². The van der Waals surface area contributed by atoms with Crippen LogP contribution in [0.2, 0.25) is 0 Å². The molecule has 0 N–H and O–H groups in total. The Morgan fingerprint density at radius 3 is 1.80 bits per heavy atom. The molecule has 0 spiro atoms. The summed E-state index contributed by atoms with van der Waals surface area (Å²) >= 11 is 0. The van der Waals surface area contributed by atoms with Crippen LogP contribution in [-0.4, -0.2) is 0 Å². The minimum atomic E-state index is 0.516. The summed E-state index contributed by atoms with van der Waals surface area (Å²) in [5.41, 5.74) is 3.36. The van der Waals surface area contributed by atoms with Gasteiger partial charge in [-0.3, -0.25) is 0 Å². The maximum atomic E-state index is 6.04. The van der Waals surface area contributed by atoms with Crippen molar-refractivity contribution in [3.05, 3.63) is 102 Å². The highest BCUT2D eigenvalue weighted by molar-refractivity contribution is 5.55. The Morgan fingerprint density at radius 1 is 0.680 bits per heavy atom. The SMILES string of the molecule is C/C=C/c1ccc(OCc2ccccc2)c(OCc2ccccc2)c1. The molecule has 0 unspecified atom stereocenters. The zero-order valence-electron chi connectivity index (χ0n) is 14.4. The molecule has 0 aliphatic heterocycles. The normalized spacial score (nSPS) is 10.8. The molecule has 0 fully saturated rings. The van der Waals surface area contributed by atoms with Gasteiger partial charge in [0, 0.05) is 0 Å². The molecule has 0 saturated carbocycles. The fourth-order valence-electron chi connectivity index (χ4n) is 2.52. The van der Waals surface area contributed by atoms with Gasteiger partial charge in [0.15, 0.2) is 11.5 Å². The van der Waals surface area contributed by atoms with Crippen LogP contribution in [0.3, 0.4) is 0 Å². The molecule has 2 nitrogen and oxygen atoms in total. The summed E-state index contributed by atoms with van der Waals surface area (Å²) in [4.78, 5) is 0. The third kappa shape index (κ3) is 4.98. The Bertz CT molecular complexity index is 808. The first-order valence-electron chi connectivity index (χ1n) is 8.45. The van der Waals surface area contributed by atoms with Crippen LogP contribution in [0.5, 0.6) is 11.5 Å². The summed E-state index contributed by atoms with van der Waals surface area (Å²) in [5, 5.41) is 0. The van der Waals surface area contributed by atoms with E-state index >= 15 is 0 Å². The summed E-state index contributed by atoms with van der Waals surface area (Å²) in [7, 11) is 0. The average Bonchev–Trinajstić information content (AvgIpc) is 2.67. The molecule has 2 heteroatoms. The van der Waals surface area contributed by atoms with Gasteiger partial charge in [-0.2, -0.15) is 0 Å². The molecule has 25 heavy (non-hydrogen) atoms. The second-order valence-corrected chi connectivity index (χ2v) is 5.75. The quantitative estimate of drug-likeness (QED) is 0.539. The first-order chi connectivity index (χ1) is 12.3. The van der Waals surface area contributed by atoms with Gasteiger partial charge < -0.3 is 9.47 Å². The van der Waals surface area contributed by atoms with E-state index in [-0.39, 0.29) is 0 Å². The molecule has 0 saturated heterocycles. The highest BCUT2D eigenvalue weighted by atomic mass is 16.5. The largest absolute Gasteiger partial charge is 0.485 e. The molecule has 0 heterocycles. The van der Waals surface area contributed by atoms with Crippen molar-refractivity contribution in [1.29, 1.82) is 0 Å². The average molecular weight is 330 g/mol. The zero-order valence-corrected chi connectivity index (χ0v) is 14.4. The summed E-state index contributed by atoms with van der Waals surface area (Å²) in [6.07, 6.45) is 4.07. The third-order valence-corrected chi connectivity index (χ3v) is 3.80. The molecular formula is C23H22O2. The Labute approximate surface area is 149 Å². The van der Waals surface area contributed by atoms with E-state index in [0.29, 0.717) is 13.2 Å². The lowest BCUT2D eigenvalue weighted by Crippen LogP contribution is -2.00. The van der Waals surface area contributed by atoms with Crippen LogP contribution < -0.4 is 9.47 Å². The number of ether oxygens (including phenoxy) is 2. The van der Waals surface area contributed by atoms with Crippen molar-refractivity contribution in [2.45, 2.75) is 20.1 Å². The predicted molar refractivity (Wildman–Crippen MR) is 103 cm³/mol. The second kappa shape index (κ2) is 8.74. The molecule has 0 aliphatic rings. The van der Waals surface area contributed by atoms with E-state index < -0.39 is 0 Å². The minimum Gasteiger partial charge on any atom is -0.485 e. The van der Waals surface area contributed by atoms with Crippen LogP contribution in [0, 0.1) is 0 Å². The van der Waals surface area contributed by atoms with Gasteiger partial charge in [-0.05, 0) is 35.7 Å². The molecule has 0 aliphatic carbocycles. The third-order valence-electron chi connectivity index (χ3n) is 3.80. The van der Waals surface area contributed by atoms with Crippen molar-refractivity contribution in [2.24, 2.45) is 0 Å². The van der Waals surface area contributed by atoms with Crippen LogP contribution in [0.25, 0.3) is 6.08 Å². The molecule has 0 aromatic heterocycles. The van der Waals surface area contributed by atoms with Gasteiger partial charge in [-0.25, -0.2) is 0 Å². The molecular weight excluding hydrogens is 308 g/mol. The first kappa shape index (κ1) is 16.8. The highest BCUT2D eigenvalue weighted by Crippen LogP contribution is 2.30. The molecule has 3 aromatic rings. The summed E-state index contributed by atoms with van der Waals surface area (Å²) in [5.74, 6) is 1.52. The predicted octanol–water partition coefficient (Wildman–Crippen LogP) is 5.88. The van der Waals surface area contributed by atoms with E-state index in [1.54, 1.807) is 0 Å².